The molecule has 4 unspecified atom stereocenters. The van der Waals surface area contributed by atoms with E-state index in [2.05, 4.69) is 25.8 Å². The standard InChI is InChI=1S/C33H40N6O6S/c1-17-5-9-21(35-31(41)20-8-6-19-11-18(12-20)7-10-23(40)13-19)14-24(17)30-38-32(45-39-30)28-29(34)37-33(46-28)36-22-15-25(42-2)27(44-4)26(16-22)43-3/h5,9,14-16,18-20,23,40H,6-8,10-13,34H2,1-4H3,(H,35,41)(H,36,37). The number of methoxy groups -OCH3 is 3. The second kappa shape index (κ2) is 13.6. The van der Waals surface area contributed by atoms with Gasteiger partial charge in [0, 0.05) is 35.0 Å². The number of aliphatic hydroxyl groups is 1. The van der Waals surface area contributed by atoms with Gasteiger partial charge in [0.15, 0.2) is 16.6 Å². The smallest absolute Gasteiger partial charge is 0.272 e. The number of carbonyl (C=O) groups excluding carboxylic acids is 1. The van der Waals surface area contributed by atoms with Crippen molar-refractivity contribution in [3.8, 4) is 39.4 Å². The van der Waals surface area contributed by atoms with E-state index in [0.29, 0.717) is 56.3 Å². The van der Waals surface area contributed by atoms with Gasteiger partial charge in [-0.05, 0) is 81.4 Å². The van der Waals surface area contributed by atoms with Gasteiger partial charge in [-0.15, -0.1) is 0 Å². The molecule has 2 bridgehead atoms. The van der Waals surface area contributed by atoms with Gasteiger partial charge in [0.25, 0.3) is 5.89 Å². The number of nitrogens with two attached hydrogens (primary N) is 1. The number of nitrogens with one attached hydrogen (secondary N) is 2. The SMILES string of the molecule is COc1cc(Nc2nc(N)c(-c3nc(-c4cc(NC(=O)C5CCC6CC(O)CCC(C6)C5)ccc4C)no3)s2)cc(OC)c1OC. The third-order valence-corrected chi connectivity index (χ3v) is 10.0. The molecule has 6 rings (SSSR count). The molecule has 244 valence electrons. The van der Waals surface area contributed by atoms with E-state index in [1.54, 1.807) is 33.5 Å². The van der Waals surface area contributed by atoms with Crippen LogP contribution in [0, 0.1) is 24.7 Å². The van der Waals surface area contributed by atoms with Crippen molar-refractivity contribution >= 4 is 39.6 Å². The maximum Gasteiger partial charge on any atom is 0.272 e. The predicted octanol–water partition coefficient (Wildman–Crippen LogP) is 6.43. The topological polar surface area (TPSA) is 167 Å². The first-order chi connectivity index (χ1) is 22.2. The molecule has 13 heteroatoms. The molecular weight excluding hydrogens is 608 g/mol. The number of thiazole rings is 1. The highest BCUT2D eigenvalue weighted by Crippen LogP contribution is 2.43. The van der Waals surface area contributed by atoms with Crippen LogP contribution in [0.1, 0.15) is 50.5 Å². The van der Waals surface area contributed by atoms with Gasteiger partial charge in [-0.25, -0.2) is 4.98 Å². The van der Waals surface area contributed by atoms with Gasteiger partial charge >= 0.3 is 0 Å². The summed E-state index contributed by atoms with van der Waals surface area (Å²) in [5, 5.41) is 21.3. The summed E-state index contributed by atoms with van der Waals surface area (Å²) < 4.78 is 21.9. The zero-order valence-electron chi connectivity index (χ0n) is 26.5. The van der Waals surface area contributed by atoms with Gasteiger partial charge in [-0.1, -0.05) is 22.6 Å². The number of fused-ring (bicyclic) bond motifs is 2. The number of anilines is 4. The Hall–Kier alpha value is -4.36. The Morgan fingerprint density at radius 2 is 1.70 bits per heavy atom. The number of amides is 1. The molecule has 5 N–H and O–H groups in total. The lowest BCUT2D eigenvalue weighted by atomic mass is 9.89. The van der Waals surface area contributed by atoms with Crippen LogP contribution in [0.4, 0.5) is 22.3 Å². The summed E-state index contributed by atoms with van der Waals surface area (Å²) in [7, 11) is 4.65. The molecule has 0 spiro atoms. The van der Waals surface area contributed by atoms with Gasteiger partial charge in [0.1, 0.15) is 10.7 Å². The fourth-order valence-electron chi connectivity index (χ4n) is 6.69. The number of ether oxygens (including phenoxy) is 3. The van der Waals surface area contributed by atoms with E-state index in [1.165, 1.54) is 11.3 Å². The number of aliphatic hydroxyl groups excluding tert-OH is 1. The minimum Gasteiger partial charge on any atom is -0.493 e. The molecule has 12 nitrogen and oxygen atoms in total. The van der Waals surface area contributed by atoms with Crippen LogP contribution in [-0.4, -0.2) is 53.6 Å². The molecule has 0 saturated heterocycles. The van der Waals surface area contributed by atoms with E-state index in [-0.39, 0.29) is 29.6 Å². The van der Waals surface area contributed by atoms with Gasteiger partial charge in [0.05, 0.1) is 27.4 Å². The van der Waals surface area contributed by atoms with Crippen molar-refractivity contribution in [2.75, 3.05) is 37.7 Å². The normalized spacial score (nSPS) is 21.2. The van der Waals surface area contributed by atoms with Crippen LogP contribution >= 0.6 is 11.3 Å². The van der Waals surface area contributed by atoms with E-state index in [4.69, 9.17) is 24.5 Å². The summed E-state index contributed by atoms with van der Waals surface area (Å²) in [4.78, 5) is 23.0. The molecule has 2 fully saturated rings. The molecule has 46 heavy (non-hydrogen) atoms. The summed E-state index contributed by atoms with van der Waals surface area (Å²) in [5.41, 5.74) is 9.30. The molecule has 2 saturated carbocycles. The number of hydrogen-bond acceptors (Lipinski definition) is 12. The first kappa shape index (κ1) is 31.6. The van der Waals surface area contributed by atoms with Crippen LogP contribution < -0.4 is 30.6 Å². The number of benzene rings is 2. The second-order valence-corrected chi connectivity index (χ2v) is 13.2. The Balaban J connectivity index is 1.17. The highest BCUT2D eigenvalue weighted by molar-refractivity contribution is 7.19. The van der Waals surface area contributed by atoms with Crippen LogP contribution in [0.5, 0.6) is 17.2 Å². The molecule has 2 aromatic heterocycles. The average molecular weight is 649 g/mol. The molecule has 0 radical (unpaired) electrons. The van der Waals surface area contributed by atoms with Gasteiger partial charge in [0.2, 0.25) is 17.5 Å². The largest absolute Gasteiger partial charge is 0.493 e. The lowest BCUT2D eigenvalue weighted by Crippen LogP contribution is -2.24. The lowest BCUT2D eigenvalue weighted by Gasteiger charge is -2.20. The molecule has 2 aromatic carbocycles. The van der Waals surface area contributed by atoms with E-state index < -0.39 is 0 Å². The third kappa shape index (κ3) is 6.75. The number of aromatic nitrogens is 3. The van der Waals surface area contributed by atoms with Gasteiger partial charge < -0.3 is 40.2 Å². The lowest BCUT2D eigenvalue weighted by molar-refractivity contribution is -0.120. The van der Waals surface area contributed by atoms with E-state index >= 15 is 0 Å². The highest BCUT2D eigenvalue weighted by Gasteiger charge is 2.33. The number of rotatable bonds is 9. The average Bonchev–Trinajstić information content (AvgIpc) is 3.56. The van der Waals surface area contributed by atoms with Crippen molar-refractivity contribution in [2.45, 2.75) is 58.0 Å². The Labute approximate surface area is 271 Å². The van der Waals surface area contributed by atoms with E-state index in [1.807, 2.05) is 25.1 Å². The summed E-state index contributed by atoms with van der Waals surface area (Å²) in [5.74, 6) is 3.34. The molecule has 2 aliphatic carbocycles. The summed E-state index contributed by atoms with van der Waals surface area (Å²) in [6, 6.07) is 9.26. The summed E-state index contributed by atoms with van der Waals surface area (Å²) in [6.07, 6.45) is 6.30. The van der Waals surface area contributed by atoms with Gasteiger partial charge in [-0.2, -0.15) is 4.98 Å². The first-order valence-electron chi connectivity index (χ1n) is 15.5. The maximum atomic E-state index is 13.4. The Bertz CT molecular complexity index is 1680. The second-order valence-electron chi connectivity index (χ2n) is 12.2. The van der Waals surface area contributed by atoms with Crippen molar-refractivity contribution < 1.29 is 28.6 Å². The fourth-order valence-corrected chi connectivity index (χ4v) is 7.51. The molecule has 4 aromatic rings. The van der Waals surface area contributed by atoms with Crippen LogP contribution in [0.15, 0.2) is 34.9 Å². The minimum absolute atomic E-state index is 0.0380. The maximum absolute atomic E-state index is 13.4. The summed E-state index contributed by atoms with van der Waals surface area (Å²) >= 11 is 1.27. The molecular formula is C33H40N6O6S. The monoisotopic (exact) mass is 648 g/mol. The number of hydrogen-bond donors (Lipinski definition) is 4. The van der Waals surface area contributed by atoms with Gasteiger partial charge in [-0.3, -0.25) is 4.79 Å². The molecule has 2 heterocycles. The van der Waals surface area contributed by atoms with Crippen molar-refractivity contribution in [3.63, 3.8) is 0 Å². The fraction of sp³-hybridized carbons (Fsp3) is 0.455. The molecule has 0 aliphatic heterocycles. The Morgan fingerprint density at radius 3 is 2.43 bits per heavy atom. The third-order valence-electron chi connectivity index (χ3n) is 9.03. The van der Waals surface area contributed by atoms with Crippen molar-refractivity contribution in [1.29, 1.82) is 0 Å². The first-order valence-corrected chi connectivity index (χ1v) is 16.3. The molecule has 1 amide bonds. The molecule has 2 aliphatic rings. The van der Waals surface area contributed by atoms with Crippen LogP contribution in [0.3, 0.4) is 0 Å². The quantitative estimate of drug-likeness (QED) is 0.158. The van der Waals surface area contributed by atoms with Crippen molar-refractivity contribution in [1.82, 2.24) is 15.1 Å². The Morgan fingerprint density at radius 1 is 0.957 bits per heavy atom. The Kier molecular flexibility index (Phi) is 9.32. The highest BCUT2D eigenvalue weighted by atomic mass is 32.1. The van der Waals surface area contributed by atoms with Crippen LogP contribution in [0.25, 0.3) is 22.2 Å². The number of aryl methyl sites for hydroxylation is 1. The van der Waals surface area contributed by atoms with Crippen molar-refractivity contribution in [3.05, 3.63) is 35.9 Å². The van der Waals surface area contributed by atoms with Crippen LogP contribution in [0.2, 0.25) is 0 Å². The van der Waals surface area contributed by atoms with Crippen LogP contribution in [-0.2, 0) is 4.79 Å². The van der Waals surface area contributed by atoms with E-state index in [9.17, 15) is 9.90 Å². The number of nitrogen functional groups attached to an aromatic ring is 1. The number of carbonyl (C=O) groups is 1. The van der Waals surface area contributed by atoms with Crippen molar-refractivity contribution in [2.24, 2.45) is 17.8 Å². The zero-order valence-corrected chi connectivity index (χ0v) is 27.3. The summed E-state index contributed by atoms with van der Waals surface area (Å²) in [6.45, 7) is 1.96. The zero-order chi connectivity index (χ0) is 32.4. The number of nitrogens with zero attached hydrogens (tertiary/aromatic N) is 3. The predicted molar refractivity (Wildman–Crippen MR) is 177 cm³/mol. The van der Waals surface area contributed by atoms with E-state index in [0.717, 1.165) is 56.1 Å². The molecule has 4 atom stereocenters. The minimum atomic E-state index is -0.197.